The maximum atomic E-state index is 5.07. The van der Waals surface area contributed by atoms with Gasteiger partial charge in [0, 0.05) is 17.3 Å². The summed E-state index contributed by atoms with van der Waals surface area (Å²) in [6, 6.07) is 51.5. The first-order valence-electron chi connectivity index (χ1n) is 15.5. The molecule has 0 aliphatic carbocycles. The summed E-state index contributed by atoms with van der Waals surface area (Å²) in [5.74, 6) is 0. The fourth-order valence-electron chi connectivity index (χ4n) is 6.63. The number of hydrogen-bond donors (Lipinski definition) is 0. The molecule has 7 aromatic carbocycles. The lowest BCUT2D eigenvalue weighted by atomic mass is 9.95. The van der Waals surface area contributed by atoms with Crippen molar-refractivity contribution in [1.82, 2.24) is 19.6 Å². The number of hydrogen-bond acceptors (Lipinski definition) is 2. The highest BCUT2D eigenvalue weighted by Crippen LogP contribution is 2.38. The molecule has 0 fully saturated rings. The van der Waals surface area contributed by atoms with Gasteiger partial charge >= 0.3 is 0 Å². The Bertz CT molecular complexity index is 2460. The average molecular weight is 682 g/mol. The van der Waals surface area contributed by atoms with E-state index in [1.165, 1.54) is 48.7 Å². The number of aromatic nitrogens is 4. The van der Waals surface area contributed by atoms with E-state index in [9.17, 15) is 0 Å². The van der Waals surface area contributed by atoms with Gasteiger partial charge in [0.25, 0.3) is 0 Å². The Hall–Kier alpha value is -5.13. The SMILES string of the molecule is ClC(Cl)Cl.c1ccc2c(-c3ccn(-c4ccc(-n5nccc5-c5c6ccccc6cc6ccccc56)cc4)n3)c3ccccc3cc2c1. The van der Waals surface area contributed by atoms with Crippen LogP contribution in [0.25, 0.3) is 77.0 Å². The van der Waals surface area contributed by atoms with Crippen molar-refractivity contribution >= 4 is 77.9 Å². The molecule has 7 heteroatoms. The second-order valence-corrected chi connectivity index (χ2v) is 13.4. The molecular weight excluding hydrogens is 655 g/mol. The first kappa shape index (κ1) is 30.2. The molecule has 0 atom stereocenters. The molecule has 0 bridgehead atoms. The summed E-state index contributed by atoms with van der Waals surface area (Å²) in [6.45, 7) is 0. The quantitative estimate of drug-likeness (QED) is 0.137. The van der Waals surface area contributed by atoms with Crippen molar-refractivity contribution < 1.29 is 0 Å². The monoisotopic (exact) mass is 680 g/mol. The Morgan fingerprint density at radius 3 is 1.42 bits per heavy atom. The second kappa shape index (κ2) is 12.8. The van der Waals surface area contributed by atoms with E-state index in [1.807, 2.05) is 21.8 Å². The van der Waals surface area contributed by atoms with Crippen LogP contribution in [0.3, 0.4) is 0 Å². The zero-order valence-corrected chi connectivity index (χ0v) is 27.8. The number of halogens is 3. The van der Waals surface area contributed by atoms with Gasteiger partial charge in [0.05, 0.1) is 29.0 Å². The van der Waals surface area contributed by atoms with Gasteiger partial charge in [-0.05, 0) is 91.6 Å². The van der Waals surface area contributed by atoms with Crippen molar-refractivity contribution in [2.45, 2.75) is 4.30 Å². The molecule has 0 saturated carbocycles. The van der Waals surface area contributed by atoms with E-state index in [0.717, 1.165) is 28.3 Å². The molecule has 0 saturated heterocycles. The Balaban J connectivity index is 0.000000799. The Labute approximate surface area is 292 Å². The molecule has 4 nitrogen and oxygen atoms in total. The zero-order valence-electron chi connectivity index (χ0n) is 25.5. The maximum absolute atomic E-state index is 5.07. The summed E-state index contributed by atoms with van der Waals surface area (Å²) < 4.78 is 3.24. The van der Waals surface area contributed by atoms with Crippen molar-refractivity contribution in [3.05, 3.63) is 158 Å². The standard InChI is InChI=1S/C40H26N4.CHCl3/c1-5-13-33-27(9-1)25-28-10-2-6-14-34(28)39(33)37-22-24-43(42-37)31-17-19-32(20-18-31)44-38(21-23-41-44)40-35-15-7-3-11-29(35)26-30-12-4-8-16-36(30)40;2-1(3)4/h1-26H;1H. The predicted octanol–water partition coefficient (Wildman–Crippen LogP) is 12.0. The lowest BCUT2D eigenvalue weighted by molar-refractivity contribution is 0.870. The fourth-order valence-corrected chi connectivity index (χ4v) is 6.63. The van der Waals surface area contributed by atoms with Crippen molar-refractivity contribution in [3.8, 4) is 33.9 Å². The van der Waals surface area contributed by atoms with E-state index < -0.39 is 4.30 Å². The highest BCUT2D eigenvalue weighted by Gasteiger charge is 2.16. The molecule has 232 valence electrons. The third-order valence-electron chi connectivity index (χ3n) is 8.65. The molecule has 0 amide bonds. The number of alkyl halides is 3. The minimum absolute atomic E-state index is 0.750. The number of nitrogens with zero attached hydrogens (tertiary/aromatic N) is 4. The molecule has 48 heavy (non-hydrogen) atoms. The zero-order chi connectivity index (χ0) is 32.6. The van der Waals surface area contributed by atoms with Gasteiger partial charge in [-0.15, -0.1) is 0 Å². The summed E-state index contributed by atoms with van der Waals surface area (Å²) in [5.41, 5.74) is 6.37. The molecule has 0 radical (unpaired) electrons. The molecule has 9 aromatic rings. The van der Waals surface area contributed by atoms with E-state index in [4.69, 9.17) is 45.0 Å². The van der Waals surface area contributed by atoms with Gasteiger partial charge in [-0.2, -0.15) is 10.2 Å². The molecule has 9 rings (SSSR count). The first-order chi connectivity index (χ1) is 23.5. The van der Waals surface area contributed by atoms with Gasteiger partial charge in [0.2, 0.25) is 0 Å². The molecule has 0 aliphatic rings. The Morgan fingerprint density at radius 1 is 0.479 bits per heavy atom. The number of rotatable bonds is 4. The Kier molecular flexibility index (Phi) is 8.07. The van der Waals surface area contributed by atoms with Crippen LogP contribution in [0.5, 0.6) is 0 Å². The largest absolute Gasteiger partial charge is 0.240 e. The molecule has 0 aliphatic heterocycles. The van der Waals surface area contributed by atoms with Crippen molar-refractivity contribution in [2.75, 3.05) is 0 Å². The van der Waals surface area contributed by atoms with Gasteiger partial charge < -0.3 is 0 Å². The summed E-state index contributed by atoms with van der Waals surface area (Å²) in [6.07, 6.45) is 3.93. The van der Waals surface area contributed by atoms with Crippen LogP contribution in [0.1, 0.15) is 0 Å². The van der Waals surface area contributed by atoms with Gasteiger partial charge in [0.1, 0.15) is 0 Å². The highest BCUT2D eigenvalue weighted by molar-refractivity contribution is 6.63. The topological polar surface area (TPSA) is 35.6 Å². The smallest absolute Gasteiger partial charge is 0.180 e. The first-order valence-corrected chi connectivity index (χ1v) is 16.8. The van der Waals surface area contributed by atoms with Crippen LogP contribution in [0.15, 0.2) is 158 Å². The molecule has 0 N–H and O–H groups in total. The lowest BCUT2D eigenvalue weighted by Crippen LogP contribution is -2.01. The van der Waals surface area contributed by atoms with E-state index >= 15 is 0 Å². The normalized spacial score (nSPS) is 11.4. The van der Waals surface area contributed by atoms with Crippen molar-refractivity contribution in [1.29, 1.82) is 0 Å². The molecule has 2 aromatic heterocycles. The van der Waals surface area contributed by atoms with Gasteiger partial charge in [-0.1, -0.05) is 132 Å². The van der Waals surface area contributed by atoms with E-state index in [-0.39, 0.29) is 0 Å². The fraction of sp³-hybridized carbons (Fsp3) is 0.0244. The van der Waals surface area contributed by atoms with Gasteiger partial charge in [-0.3, -0.25) is 0 Å². The number of fused-ring (bicyclic) bond motifs is 4. The van der Waals surface area contributed by atoms with Crippen LogP contribution < -0.4 is 0 Å². The van der Waals surface area contributed by atoms with E-state index in [1.54, 1.807) is 0 Å². The van der Waals surface area contributed by atoms with Crippen LogP contribution in [-0.4, -0.2) is 23.9 Å². The van der Waals surface area contributed by atoms with Crippen LogP contribution >= 0.6 is 34.8 Å². The lowest BCUT2D eigenvalue weighted by Gasteiger charge is -2.14. The summed E-state index contributed by atoms with van der Waals surface area (Å²) in [5, 5.41) is 19.6. The average Bonchev–Trinajstić information content (AvgIpc) is 3.80. The molecule has 0 unspecified atom stereocenters. The van der Waals surface area contributed by atoms with Gasteiger partial charge in [0.15, 0.2) is 4.30 Å². The number of benzene rings is 7. The molecular formula is C41H27Cl3N4. The summed E-state index contributed by atoms with van der Waals surface area (Å²) in [4.78, 5) is 0. The van der Waals surface area contributed by atoms with Crippen molar-refractivity contribution in [3.63, 3.8) is 0 Å². The maximum Gasteiger partial charge on any atom is 0.180 e. The van der Waals surface area contributed by atoms with Crippen molar-refractivity contribution in [2.24, 2.45) is 0 Å². The molecule has 0 spiro atoms. The highest BCUT2D eigenvalue weighted by atomic mass is 35.6. The van der Waals surface area contributed by atoms with Crippen LogP contribution in [0.2, 0.25) is 0 Å². The molecule has 2 heterocycles. The van der Waals surface area contributed by atoms with E-state index in [0.29, 0.717) is 0 Å². The summed E-state index contributed by atoms with van der Waals surface area (Å²) in [7, 11) is 0. The predicted molar refractivity (Wildman–Crippen MR) is 203 cm³/mol. The van der Waals surface area contributed by atoms with Gasteiger partial charge in [-0.25, -0.2) is 9.36 Å². The third kappa shape index (κ3) is 5.58. The second-order valence-electron chi connectivity index (χ2n) is 11.4. The van der Waals surface area contributed by atoms with Crippen LogP contribution in [0, 0.1) is 0 Å². The minimum Gasteiger partial charge on any atom is -0.240 e. The van der Waals surface area contributed by atoms with E-state index in [2.05, 4.69) is 146 Å². The third-order valence-corrected chi connectivity index (χ3v) is 8.65. The van der Waals surface area contributed by atoms with Crippen LogP contribution in [0.4, 0.5) is 0 Å². The van der Waals surface area contributed by atoms with Crippen LogP contribution in [-0.2, 0) is 0 Å². The Morgan fingerprint density at radius 2 is 0.917 bits per heavy atom. The minimum atomic E-state index is -0.750. The summed E-state index contributed by atoms with van der Waals surface area (Å²) >= 11 is 14.4.